The number of hydrogen-bond donors (Lipinski definition) is 2. The molecule has 1 amide bonds. The van der Waals surface area contributed by atoms with Crippen molar-refractivity contribution in [2.45, 2.75) is 53.0 Å². The fourth-order valence-electron chi connectivity index (χ4n) is 2.73. The zero-order valence-corrected chi connectivity index (χ0v) is 13.8. The van der Waals surface area contributed by atoms with Gasteiger partial charge in [-0.3, -0.25) is 4.79 Å². The molecule has 4 heteroatoms. The number of amides is 1. The van der Waals surface area contributed by atoms with Crippen molar-refractivity contribution in [3.8, 4) is 0 Å². The lowest BCUT2D eigenvalue weighted by molar-refractivity contribution is 0.0945. The average Bonchev–Trinajstić information content (AvgIpc) is 2.80. The Hall–Kier alpha value is -0.870. The summed E-state index contributed by atoms with van der Waals surface area (Å²) < 4.78 is 0. The minimum Gasteiger partial charge on any atom is -0.348 e. The first kappa shape index (κ1) is 15.5. The predicted octanol–water partition coefficient (Wildman–Crippen LogP) is 2.98. The zero-order valence-electron chi connectivity index (χ0n) is 13.0. The van der Waals surface area contributed by atoms with Crippen LogP contribution < -0.4 is 11.1 Å². The van der Waals surface area contributed by atoms with Gasteiger partial charge < -0.3 is 11.1 Å². The van der Waals surface area contributed by atoms with E-state index >= 15 is 0 Å². The summed E-state index contributed by atoms with van der Waals surface area (Å²) in [6.45, 7) is 9.34. The van der Waals surface area contributed by atoms with Crippen LogP contribution in [0.15, 0.2) is 6.07 Å². The number of nitrogens with one attached hydrogen (secondary N) is 1. The number of rotatable bonds is 3. The van der Waals surface area contributed by atoms with E-state index in [4.69, 9.17) is 5.73 Å². The van der Waals surface area contributed by atoms with Crippen LogP contribution in [0, 0.1) is 11.3 Å². The Morgan fingerprint density at radius 3 is 2.85 bits per heavy atom. The molecular formula is C16H26N2OS. The molecule has 1 aromatic rings. The number of carbonyl (C=O) groups excluding carboxylic acids is 1. The van der Waals surface area contributed by atoms with Gasteiger partial charge in [-0.15, -0.1) is 11.3 Å². The first-order chi connectivity index (χ1) is 9.31. The quantitative estimate of drug-likeness (QED) is 0.900. The molecule has 0 bridgehead atoms. The standard InChI is InChI=1S/C16H26N2OS/c1-10(9-17)18-15(19)14-8-11-7-12(16(2,3)4)5-6-13(11)20-14/h8,10,12H,5-7,9,17H2,1-4H3,(H,18,19)/t10-,12?/m0/s1. The maximum Gasteiger partial charge on any atom is 0.261 e. The maximum absolute atomic E-state index is 12.2. The summed E-state index contributed by atoms with van der Waals surface area (Å²) >= 11 is 1.66. The third kappa shape index (κ3) is 3.41. The van der Waals surface area contributed by atoms with Gasteiger partial charge in [0.15, 0.2) is 0 Å². The van der Waals surface area contributed by atoms with E-state index in [0.29, 0.717) is 17.9 Å². The Morgan fingerprint density at radius 2 is 2.25 bits per heavy atom. The largest absolute Gasteiger partial charge is 0.348 e. The summed E-state index contributed by atoms with van der Waals surface area (Å²) in [4.78, 5) is 14.4. The van der Waals surface area contributed by atoms with Crippen LogP contribution in [0.5, 0.6) is 0 Å². The summed E-state index contributed by atoms with van der Waals surface area (Å²) in [5.41, 5.74) is 7.28. The molecule has 1 aliphatic rings. The number of thiophene rings is 1. The molecule has 2 atom stereocenters. The van der Waals surface area contributed by atoms with Crippen LogP contribution in [0.2, 0.25) is 0 Å². The molecule has 3 nitrogen and oxygen atoms in total. The van der Waals surface area contributed by atoms with Crippen molar-refractivity contribution in [3.63, 3.8) is 0 Å². The Kier molecular flexibility index (Phi) is 4.55. The second-order valence-corrected chi connectivity index (χ2v) is 8.11. The molecule has 112 valence electrons. The summed E-state index contributed by atoms with van der Waals surface area (Å²) in [5.74, 6) is 0.734. The van der Waals surface area contributed by atoms with E-state index in [-0.39, 0.29) is 11.9 Å². The smallest absolute Gasteiger partial charge is 0.261 e. The lowest BCUT2D eigenvalue weighted by atomic mass is 9.72. The van der Waals surface area contributed by atoms with Crippen molar-refractivity contribution in [2.24, 2.45) is 17.1 Å². The van der Waals surface area contributed by atoms with Crippen molar-refractivity contribution < 1.29 is 4.79 Å². The Morgan fingerprint density at radius 1 is 1.55 bits per heavy atom. The van der Waals surface area contributed by atoms with Gasteiger partial charge >= 0.3 is 0 Å². The predicted molar refractivity (Wildman–Crippen MR) is 85.3 cm³/mol. The Bertz CT molecular complexity index is 487. The molecule has 0 radical (unpaired) electrons. The van der Waals surface area contributed by atoms with E-state index in [1.807, 2.05) is 6.92 Å². The SMILES string of the molecule is C[C@@H](CN)NC(=O)c1cc2c(s1)CCC(C(C)(C)C)C2. The highest BCUT2D eigenvalue weighted by Crippen LogP contribution is 2.40. The van der Waals surface area contributed by atoms with Crippen molar-refractivity contribution >= 4 is 17.2 Å². The monoisotopic (exact) mass is 294 g/mol. The number of fused-ring (bicyclic) bond motifs is 1. The summed E-state index contributed by atoms with van der Waals surface area (Å²) in [6.07, 6.45) is 3.45. The van der Waals surface area contributed by atoms with E-state index in [1.165, 1.54) is 16.9 Å². The van der Waals surface area contributed by atoms with Crippen molar-refractivity contribution in [3.05, 3.63) is 21.4 Å². The fraction of sp³-hybridized carbons (Fsp3) is 0.688. The molecule has 3 N–H and O–H groups in total. The van der Waals surface area contributed by atoms with E-state index in [0.717, 1.165) is 17.7 Å². The molecule has 0 saturated carbocycles. The topological polar surface area (TPSA) is 55.1 Å². The van der Waals surface area contributed by atoms with Gasteiger partial charge in [-0.05, 0) is 49.1 Å². The molecule has 0 saturated heterocycles. The second kappa shape index (κ2) is 5.86. The maximum atomic E-state index is 12.2. The van der Waals surface area contributed by atoms with Crippen molar-refractivity contribution in [1.82, 2.24) is 5.32 Å². The number of nitrogens with two attached hydrogens (primary N) is 1. The molecule has 1 unspecified atom stereocenters. The highest BCUT2D eigenvalue weighted by Gasteiger charge is 2.30. The normalized spacial score (nSPS) is 20.4. The number of hydrogen-bond acceptors (Lipinski definition) is 3. The first-order valence-corrected chi connectivity index (χ1v) is 8.25. The molecule has 1 heterocycles. The molecule has 20 heavy (non-hydrogen) atoms. The minimum atomic E-state index is 0.0228. The van der Waals surface area contributed by atoms with Gasteiger partial charge in [-0.25, -0.2) is 0 Å². The van der Waals surface area contributed by atoms with Gasteiger partial charge in [-0.2, -0.15) is 0 Å². The van der Waals surface area contributed by atoms with Gasteiger partial charge in [0.1, 0.15) is 0 Å². The van der Waals surface area contributed by atoms with Crippen LogP contribution >= 0.6 is 11.3 Å². The van der Waals surface area contributed by atoms with Crippen molar-refractivity contribution in [1.29, 1.82) is 0 Å². The summed E-state index contributed by atoms with van der Waals surface area (Å²) in [7, 11) is 0. The number of aryl methyl sites for hydroxylation is 1. The zero-order chi connectivity index (χ0) is 14.9. The minimum absolute atomic E-state index is 0.0228. The fourth-order valence-corrected chi connectivity index (χ4v) is 3.84. The van der Waals surface area contributed by atoms with E-state index in [9.17, 15) is 4.79 Å². The van der Waals surface area contributed by atoms with Crippen LogP contribution in [0.4, 0.5) is 0 Å². The molecule has 0 fully saturated rings. The van der Waals surface area contributed by atoms with E-state index < -0.39 is 0 Å². The lowest BCUT2D eigenvalue weighted by Gasteiger charge is -2.33. The van der Waals surface area contributed by atoms with Crippen LogP contribution in [-0.4, -0.2) is 18.5 Å². The average molecular weight is 294 g/mol. The van der Waals surface area contributed by atoms with Gasteiger partial charge in [0, 0.05) is 17.5 Å². The van der Waals surface area contributed by atoms with Crippen LogP contribution in [0.3, 0.4) is 0 Å². The molecule has 0 spiro atoms. The van der Waals surface area contributed by atoms with Gasteiger partial charge in [-0.1, -0.05) is 20.8 Å². The number of carbonyl (C=O) groups is 1. The molecule has 1 aromatic heterocycles. The van der Waals surface area contributed by atoms with Crippen LogP contribution in [0.1, 0.15) is 54.2 Å². The van der Waals surface area contributed by atoms with Crippen LogP contribution in [-0.2, 0) is 12.8 Å². The third-order valence-corrected chi connectivity index (χ3v) is 5.50. The molecule has 1 aliphatic carbocycles. The first-order valence-electron chi connectivity index (χ1n) is 7.43. The van der Waals surface area contributed by atoms with Crippen LogP contribution in [0.25, 0.3) is 0 Å². The molecule has 0 aromatic carbocycles. The second-order valence-electron chi connectivity index (χ2n) is 6.98. The molecule has 0 aliphatic heterocycles. The highest BCUT2D eigenvalue weighted by molar-refractivity contribution is 7.14. The van der Waals surface area contributed by atoms with Gasteiger partial charge in [0.25, 0.3) is 5.91 Å². The van der Waals surface area contributed by atoms with E-state index in [2.05, 4.69) is 32.2 Å². The van der Waals surface area contributed by atoms with E-state index in [1.54, 1.807) is 11.3 Å². The summed E-state index contributed by atoms with van der Waals surface area (Å²) in [6, 6.07) is 2.13. The third-order valence-electron chi connectivity index (χ3n) is 4.26. The highest BCUT2D eigenvalue weighted by atomic mass is 32.1. The van der Waals surface area contributed by atoms with Crippen molar-refractivity contribution in [2.75, 3.05) is 6.54 Å². The Balaban J connectivity index is 2.11. The Labute approximate surface area is 125 Å². The van der Waals surface area contributed by atoms with Gasteiger partial charge in [0.05, 0.1) is 4.88 Å². The summed E-state index contributed by atoms with van der Waals surface area (Å²) in [5, 5.41) is 2.94. The molecule has 2 rings (SSSR count). The molecular weight excluding hydrogens is 268 g/mol. The lowest BCUT2D eigenvalue weighted by Crippen LogP contribution is -2.37. The van der Waals surface area contributed by atoms with Gasteiger partial charge in [0.2, 0.25) is 0 Å².